The summed E-state index contributed by atoms with van der Waals surface area (Å²) < 4.78 is 0. The number of hydrogen-bond acceptors (Lipinski definition) is 2. The first kappa shape index (κ1) is 11.5. The summed E-state index contributed by atoms with van der Waals surface area (Å²) in [4.78, 5) is 2.16. The van der Waals surface area contributed by atoms with Crippen molar-refractivity contribution in [2.75, 3.05) is 27.2 Å². The van der Waals surface area contributed by atoms with Crippen LogP contribution < -0.4 is 5.32 Å². The maximum atomic E-state index is 5.79. The van der Waals surface area contributed by atoms with E-state index in [2.05, 4.69) is 24.3 Å². The molecular formula is C11H17ClN2. The van der Waals surface area contributed by atoms with Gasteiger partial charge in [0.1, 0.15) is 0 Å². The van der Waals surface area contributed by atoms with Gasteiger partial charge in [0.2, 0.25) is 0 Å². The molecule has 0 amide bonds. The molecule has 0 aliphatic heterocycles. The molecular weight excluding hydrogens is 196 g/mol. The van der Waals surface area contributed by atoms with Crippen LogP contribution in [0.15, 0.2) is 24.3 Å². The van der Waals surface area contributed by atoms with Crippen LogP contribution in [0, 0.1) is 0 Å². The second-order valence-corrected chi connectivity index (χ2v) is 4.04. The van der Waals surface area contributed by atoms with E-state index in [1.807, 2.05) is 24.3 Å². The third-order valence-corrected chi connectivity index (χ3v) is 2.23. The number of benzene rings is 1. The van der Waals surface area contributed by atoms with Crippen molar-refractivity contribution in [2.24, 2.45) is 0 Å². The van der Waals surface area contributed by atoms with E-state index in [-0.39, 0.29) is 0 Å². The van der Waals surface area contributed by atoms with Crippen molar-refractivity contribution in [3.8, 4) is 0 Å². The summed E-state index contributed by atoms with van der Waals surface area (Å²) in [5.74, 6) is 0. The molecule has 0 radical (unpaired) electrons. The summed E-state index contributed by atoms with van der Waals surface area (Å²) in [7, 11) is 4.15. The van der Waals surface area contributed by atoms with Crippen molar-refractivity contribution in [3.05, 3.63) is 34.9 Å². The lowest BCUT2D eigenvalue weighted by Crippen LogP contribution is -2.26. The zero-order valence-electron chi connectivity index (χ0n) is 8.76. The molecule has 78 valence electrons. The molecule has 1 aromatic rings. The molecule has 1 rings (SSSR count). The monoisotopic (exact) mass is 212 g/mol. The van der Waals surface area contributed by atoms with E-state index in [1.165, 1.54) is 5.56 Å². The van der Waals surface area contributed by atoms with Crippen LogP contribution in [0.1, 0.15) is 5.56 Å². The van der Waals surface area contributed by atoms with Gasteiger partial charge in [-0.2, -0.15) is 0 Å². The zero-order valence-corrected chi connectivity index (χ0v) is 9.51. The normalized spacial score (nSPS) is 10.9. The van der Waals surface area contributed by atoms with Gasteiger partial charge in [0, 0.05) is 24.7 Å². The van der Waals surface area contributed by atoms with Gasteiger partial charge in [-0.25, -0.2) is 0 Å². The summed E-state index contributed by atoms with van der Waals surface area (Å²) in [5, 5.41) is 4.16. The van der Waals surface area contributed by atoms with Gasteiger partial charge in [0.05, 0.1) is 0 Å². The molecule has 0 unspecified atom stereocenters. The fraction of sp³-hybridized carbons (Fsp3) is 0.455. The molecule has 0 aliphatic rings. The lowest BCUT2D eigenvalue weighted by molar-refractivity contribution is 0.400. The van der Waals surface area contributed by atoms with Gasteiger partial charge in [0.25, 0.3) is 0 Å². The smallest absolute Gasteiger partial charge is 0.0406 e. The molecule has 0 bridgehead atoms. The van der Waals surface area contributed by atoms with Crippen molar-refractivity contribution >= 4 is 11.6 Å². The lowest BCUT2D eigenvalue weighted by Gasteiger charge is -2.10. The Morgan fingerprint density at radius 2 is 1.86 bits per heavy atom. The molecule has 3 heteroatoms. The van der Waals surface area contributed by atoms with E-state index in [1.54, 1.807) is 0 Å². The summed E-state index contributed by atoms with van der Waals surface area (Å²) in [6, 6.07) is 7.94. The van der Waals surface area contributed by atoms with Crippen LogP contribution in [0.25, 0.3) is 0 Å². The lowest BCUT2D eigenvalue weighted by atomic mass is 10.2. The fourth-order valence-electron chi connectivity index (χ4n) is 1.14. The molecule has 0 fully saturated rings. The molecule has 0 aromatic heterocycles. The van der Waals surface area contributed by atoms with Gasteiger partial charge < -0.3 is 10.2 Å². The van der Waals surface area contributed by atoms with E-state index in [0.717, 1.165) is 24.7 Å². The Labute approximate surface area is 90.9 Å². The minimum atomic E-state index is 0.794. The molecule has 0 heterocycles. The number of rotatable bonds is 5. The number of nitrogens with zero attached hydrogens (tertiary/aromatic N) is 1. The molecule has 14 heavy (non-hydrogen) atoms. The van der Waals surface area contributed by atoms with E-state index in [9.17, 15) is 0 Å². The van der Waals surface area contributed by atoms with Crippen molar-refractivity contribution in [1.82, 2.24) is 10.2 Å². The molecule has 0 aliphatic carbocycles. The molecule has 2 nitrogen and oxygen atoms in total. The van der Waals surface area contributed by atoms with Crippen LogP contribution in [-0.4, -0.2) is 32.1 Å². The van der Waals surface area contributed by atoms with Crippen molar-refractivity contribution in [1.29, 1.82) is 0 Å². The summed E-state index contributed by atoms with van der Waals surface area (Å²) in [6.45, 7) is 2.98. The van der Waals surface area contributed by atoms with E-state index >= 15 is 0 Å². The van der Waals surface area contributed by atoms with Gasteiger partial charge in [-0.15, -0.1) is 0 Å². The maximum Gasteiger partial charge on any atom is 0.0406 e. The molecule has 1 N–H and O–H groups in total. The summed E-state index contributed by atoms with van der Waals surface area (Å²) in [5.41, 5.74) is 1.27. The zero-order chi connectivity index (χ0) is 10.4. The van der Waals surface area contributed by atoms with Crippen molar-refractivity contribution in [3.63, 3.8) is 0 Å². The second kappa shape index (κ2) is 6.02. The predicted octanol–water partition coefficient (Wildman–Crippen LogP) is 1.99. The first-order chi connectivity index (χ1) is 6.68. The third-order valence-electron chi connectivity index (χ3n) is 1.98. The van der Waals surface area contributed by atoms with E-state index in [0.29, 0.717) is 0 Å². The maximum absolute atomic E-state index is 5.79. The van der Waals surface area contributed by atoms with Crippen LogP contribution in [0.5, 0.6) is 0 Å². The SMILES string of the molecule is CN(C)CCNCc1ccc(Cl)cc1. The number of halogens is 1. The minimum absolute atomic E-state index is 0.794. The Morgan fingerprint density at radius 3 is 2.43 bits per heavy atom. The number of likely N-dealkylation sites (N-methyl/N-ethyl adjacent to an activating group) is 1. The van der Waals surface area contributed by atoms with Crippen LogP contribution in [-0.2, 0) is 6.54 Å². The predicted molar refractivity (Wildman–Crippen MR) is 61.7 cm³/mol. The first-order valence-electron chi connectivity index (χ1n) is 4.78. The highest BCUT2D eigenvalue weighted by Gasteiger charge is 1.93. The van der Waals surface area contributed by atoms with Gasteiger partial charge in [0.15, 0.2) is 0 Å². The van der Waals surface area contributed by atoms with Crippen LogP contribution in [0.2, 0.25) is 5.02 Å². The number of nitrogens with one attached hydrogen (secondary N) is 1. The summed E-state index contributed by atoms with van der Waals surface area (Å²) in [6.07, 6.45) is 0. The first-order valence-corrected chi connectivity index (χ1v) is 5.16. The van der Waals surface area contributed by atoms with Crippen LogP contribution >= 0.6 is 11.6 Å². The van der Waals surface area contributed by atoms with Crippen LogP contribution in [0.4, 0.5) is 0 Å². The topological polar surface area (TPSA) is 15.3 Å². The fourth-order valence-corrected chi connectivity index (χ4v) is 1.26. The Morgan fingerprint density at radius 1 is 1.21 bits per heavy atom. The van der Waals surface area contributed by atoms with Crippen molar-refractivity contribution < 1.29 is 0 Å². The Bertz CT molecular complexity index is 256. The highest BCUT2D eigenvalue weighted by atomic mass is 35.5. The van der Waals surface area contributed by atoms with Gasteiger partial charge >= 0.3 is 0 Å². The van der Waals surface area contributed by atoms with E-state index in [4.69, 9.17) is 11.6 Å². The second-order valence-electron chi connectivity index (χ2n) is 3.61. The average Bonchev–Trinajstić information content (AvgIpc) is 2.15. The minimum Gasteiger partial charge on any atom is -0.311 e. The molecule has 0 saturated carbocycles. The molecule has 0 spiro atoms. The summed E-state index contributed by atoms with van der Waals surface area (Å²) >= 11 is 5.79. The Hall–Kier alpha value is -0.570. The van der Waals surface area contributed by atoms with Gasteiger partial charge in [-0.3, -0.25) is 0 Å². The van der Waals surface area contributed by atoms with Crippen molar-refractivity contribution in [2.45, 2.75) is 6.54 Å². The standard InChI is InChI=1S/C11H17ClN2/c1-14(2)8-7-13-9-10-3-5-11(12)6-4-10/h3-6,13H,7-9H2,1-2H3. The quantitative estimate of drug-likeness (QED) is 0.752. The highest BCUT2D eigenvalue weighted by Crippen LogP contribution is 2.08. The Balaban J connectivity index is 2.21. The highest BCUT2D eigenvalue weighted by molar-refractivity contribution is 6.30. The van der Waals surface area contributed by atoms with Gasteiger partial charge in [-0.05, 0) is 31.8 Å². The number of hydrogen-bond donors (Lipinski definition) is 1. The van der Waals surface area contributed by atoms with Crippen LogP contribution in [0.3, 0.4) is 0 Å². The largest absolute Gasteiger partial charge is 0.311 e. The van der Waals surface area contributed by atoms with Gasteiger partial charge in [-0.1, -0.05) is 23.7 Å². The van der Waals surface area contributed by atoms with E-state index < -0.39 is 0 Å². The third kappa shape index (κ3) is 4.61. The Kier molecular flexibility index (Phi) is 4.94. The molecule has 0 saturated heterocycles. The molecule has 1 aromatic carbocycles. The average molecular weight is 213 g/mol. The molecule has 0 atom stereocenters.